The number of ether oxygens (including phenoxy) is 1. The zero-order valence-electron chi connectivity index (χ0n) is 16.8. The van der Waals surface area contributed by atoms with Crippen LogP contribution in [-0.4, -0.2) is 28.8 Å². The Bertz CT molecular complexity index is 823. The second-order valence-electron chi connectivity index (χ2n) is 7.29. The average molecular weight is 436 g/mol. The van der Waals surface area contributed by atoms with E-state index >= 15 is 0 Å². The van der Waals surface area contributed by atoms with E-state index in [9.17, 15) is 14.4 Å². The number of rotatable bonds is 8. The van der Waals surface area contributed by atoms with E-state index in [1.807, 2.05) is 13.8 Å². The molecule has 7 heteroatoms. The molecular formula is C22H26ClNO4S. The number of carbonyl (C=O) groups is 3. The van der Waals surface area contributed by atoms with Crippen LogP contribution in [0.5, 0.6) is 5.75 Å². The van der Waals surface area contributed by atoms with Gasteiger partial charge in [-0.1, -0.05) is 43.6 Å². The summed E-state index contributed by atoms with van der Waals surface area (Å²) in [6.07, 6.45) is 4.81. The number of hydrogen-bond donors (Lipinski definition) is 0. The van der Waals surface area contributed by atoms with E-state index in [1.54, 1.807) is 18.2 Å². The Morgan fingerprint density at radius 1 is 1.14 bits per heavy atom. The second-order valence-corrected chi connectivity index (χ2v) is 8.79. The van der Waals surface area contributed by atoms with E-state index in [0.717, 1.165) is 31.4 Å². The van der Waals surface area contributed by atoms with Gasteiger partial charge in [0, 0.05) is 23.0 Å². The van der Waals surface area contributed by atoms with Crippen LogP contribution in [0.25, 0.3) is 0 Å². The van der Waals surface area contributed by atoms with Gasteiger partial charge in [0.05, 0.1) is 10.7 Å². The molecule has 1 atom stereocenters. The standard InChI is InChI=1S/C22H26ClNO4S/c1-3-7-18(22(27)29-12-4-2)28-19-13-14(10-11-17(19)23)24-20(25)15-8-5-6-9-16(15)21(24)26/h10-11,13,18H,3-9,12H2,1-2H3. The van der Waals surface area contributed by atoms with E-state index in [2.05, 4.69) is 0 Å². The first kappa shape index (κ1) is 21.9. The molecule has 1 aromatic carbocycles. The number of hydrogen-bond acceptors (Lipinski definition) is 5. The normalized spacial score (nSPS) is 17.6. The molecular weight excluding hydrogens is 410 g/mol. The molecule has 1 unspecified atom stereocenters. The fraction of sp³-hybridized carbons (Fsp3) is 0.500. The van der Waals surface area contributed by atoms with Gasteiger partial charge in [0.15, 0.2) is 6.10 Å². The summed E-state index contributed by atoms with van der Waals surface area (Å²) in [7, 11) is 0. The van der Waals surface area contributed by atoms with Crippen molar-refractivity contribution < 1.29 is 19.1 Å². The van der Waals surface area contributed by atoms with Crippen molar-refractivity contribution in [2.24, 2.45) is 0 Å². The molecule has 29 heavy (non-hydrogen) atoms. The van der Waals surface area contributed by atoms with Crippen LogP contribution in [0.1, 0.15) is 58.8 Å². The van der Waals surface area contributed by atoms with Crippen LogP contribution >= 0.6 is 23.4 Å². The second kappa shape index (κ2) is 9.81. The maximum absolute atomic E-state index is 12.8. The molecule has 5 nitrogen and oxygen atoms in total. The van der Waals surface area contributed by atoms with Crippen molar-refractivity contribution in [3.8, 4) is 5.75 Å². The maximum Gasteiger partial charge on any atom is 0.261 e. The minimum atomic E-state index is -0.611. The molecule has 0 aromatic heterocycles. The first-order valence-corrected chi connectivity index (χ1v) is 11.6. The van der Waals surface area contributed by atoms with Crippen molar-refractivity contribution in [1.82, 2.24) is 0 Å². The molecule has 0 saturated carbocycles. The van der Waals surface area contributed by atoms with Crippen molar-refractivity contribution in [3.63, 3.8) is 0 Å². The van der Waals surface area contributed by atoms with Gasteiger partial charge in [0.1, 0.15) is 5.75 Å². The predicted molar refractivity (Wildman–Crippen MR) is 117 cm³/mol. The minimum absolute atomic E-state index is 0.0272. The van der Waals surface area contributed by atoms with E-state index in [-0.39, 0.29) is 16.9 Å². The highest BCUT2D eigenvalue weighted by molar-refractivity contribution is 8.13. The molecule has 1 aliphatic heterocycles. The maximum atomic E-state index is 12.8. The number of amides is 2. The van der Waals surface area contributed by atoms with Crippen LogP contribution in [0.2, 0.25) is 5.02 Å². The number of imide groups is 1. The first-order valence-electron chi connectivity index (χ1n) is 10.2. The summed E-state index contributed by atoms with van der Waals surface area (Å²) in [5, 5.41) is 0.320. The van der Waals surface area contributed by atoms with Crippen molar-refractivity contribution in [2.75, 3.05) is 10.7 Å². The number of nitrogens with zero attached hydrogens (tertiary/aromatic N) is 1. The van der Waals surface area contributed by atoms with Crippen LogP contribution in [-0.2, 0) is 14.4 Å². The fourth-order valence-electron chi connectivity index (χ4n) is 3.63. The van der Waals surface area contributed by atoms with Crippen LogP contribution in [0.15, 0.2) is 29.3 Å². The van der Waals surface area contributed by atoms with E-state index < -0.39 is 6.10 Å². The lowest BCUT2D eigenvalue weighted by Gasteiger charge is -2.20. The van der Waals surface area contributed by atoms with Crippen LogP contribution in [0.4, 0.5) is 5.69 Å². The Kier molecular flexibility index (Phi) is 7.41. The molecule has 0 bridgehead atoms. The zero-order chi connectivity index (χ0) is 21.0. The fourth-order valence-corrected chi connectivity index (χ4v) is 4.55. The number of thioether (sulfide) groups is 1. The van der Waals surface area contributed by atoms with Gasteiger partial charge in [0.25, 0.3) is 11.8 Å². The third-order valence-electron chi connectivity index (χ3n) is 5.09. The highest BCUT2D eigenvalue weighted by Crippen LogP contribution is 2.38. The molecule has 1 aliphatic carbocycles. The Morgan fingerprint density at radius 3 is 2.38 bits per heavy atom. The quantitative estimate of drug-likeness (QED) is 0.518. The van der Waals surface area contributed by atoms with Crippen molar-refractivity contribution in [3.05, 3.63) is 34.4 Å². The smallest absolute Gasteiger partial charge is 0.261 e. The Labute approximate surface area is 180 Å². The lowest BCUT2D eigenvalue weighted by molar-refractivity contribution is -0.121. The summed E-state index contributed by atoms with van der Waals surface area (Å²) in [5.41, 5.74) is 1.69. The number of halogens is 1. The van der Waals surface area contributed by atoms with E-state index in [1.165, 1.54) is 16.7 Å². The van der Waals surface area contributed by atoms with Crippen molar-refractivity contribution >= 4 is 46.0 Å². The highest BCUT2D eigenvalue weighted by Gasteiger charge is 2.40. The zero-order valence-corrected chi connectivity index (χ0v) is 18.4. The Balaban J connectivity index is 1.84. The molecule has 0 fully saturated rings. The Morgan fingerprint density at radius 2 is 1.79 bits per heavy atom. The van der Waals surface area contributed by atoms with Crippen molar-refractivity contribution in [1.29, 1.82) is 0 Å². The van der Waals surface area contributed by atoms with Gasteiger partial charge < -0.3 is 4.74 Å². The van der Waals surface area contributed by atoms with Crippen LogP contribution in [0, 0.1) is 0 Å². The number of anilines is 1. The summed E-state index contributed by atoms with van der Waals surface area (Å²) in [6.45, 7) is 4.01. The molecule has 0 saturated heterocycles. The lowest BCUT2D eigenvalue weighted by Crippen LogP contribution is -2.31. The molecule has 156 valence electrons. The van der Waals surface area contributed by atoms with Gasteiger partial charge in [-0.05, 0) is 50.7 Å². The predicted octanol–water partition coefficient (Wildman–Crippen LogP) is 5.30. The van der Waals surface area contributed by atoms with Gasteiger partial charge in [0.2, 0.25) is 5.12 Å². The van der Waals surface area contributed by atoms with Gasteiger partial charge in [-0.25, -0.2) is 4.90 Å². The summed E-state index contributed by atoms with van der Waals surface area (Å²) in [4.78, 5) is 39.3. The summed E-state index contributed by atoms with van der Waals surface area (Å²) in [5.74, 6) is 0.554. The average Bonchev–Trinajstić information content (AvgIpc) is 2.98. The van der Waals surface area contributed by atoms with Crippen LogP contribution < -0.4 is 9.64 Å². The summed E-state index contributed by atoms with van der Waals surface area (Å²) in [6, 6.07) is 4.85. The molecule has 0 N–H and O–H groups in total. The molecule has 1 aromatic rings. The third-order valence-corrected chi connectivity index (χ3v) is 6.57. The largest absolute Gasteiger partial charge is 0.480 e. The minimum Gasteiger partial charge on any atom is -0.480 e. The number of carbonyl (C=O) groups excluding carboxylic acids is 3. The molecule has 2 aliphatic rings. The molecule has 1 heterocycles. The highest BCUT2D eigenvalue weighted by atomic mass is 35.5. The lowest BCUT2D eigenvalue weighted by atomic mass is 9.93. The van der Waals surface area contributed by atoms with Gasteiger partial charge in [-0.3, -0.25) is 14.4 Å². The number of benzene rings is 1. The SMILES string of the molecule is CCCSC(=O)C(CCC)Oc1cc(N2C(=O)C3=C(CCCC3)C2=O)ccc1Cl. The topological polar surface area (TPSA) is 63.7 Å². The van der Waals surface area contributed by atoms with Gasteiger partial charge in [-0.2, -0.15) is 0 Å². The molecule has 0 radical (unpaired) electrons. The van der Waals surface area contributed by atoms with Gasteiger partial charge >= 0.3 is 0 Å². The van der Waals surface area contributed by atoms with Crippen LogP contribution in [0.3, 0.4) is 0 Å². The summed E-state index contributed by atoms with van der Waals surface area (Å²) < 4.78 is 5.97. The Hall–Kier alpha value is -1.79. The third kappa shape index (κ3) is 4.69. The van der Waals surface area contributed by atoms with Crippen molar-refractivity contribution in [2.45, 2.75) is 64.9 Å². The molecule has 3 rings (SSSR count). The van der Waals surface area contributed by atoms with E-state index in [4.69, 9.17) is 16.3 Å². The first-order chi connectivity index (χ1) is 14.0. The van der Waals surface area contributed by atoms with Gasteiger partial charge in [-0.15, -0.1) is 0 Å². The summed E-state index contributed by atoms with van der Waals surface area (Å²) >= 11 is 7.57. The monoisotopic (exact) mass is 435 g/mol. The molecule has 2 amide bonds. The van der Waals surface area contributed by atoms with E-state index in [0.29, 0.717) is 46.9 Å². The molecule has 0 spiro atoms.